The second-order valence-electron chi connectivity index (χ2n) is 6.69. The number of ether oxygens (including phenoxy) is 2. The number of benzene rings is 3. The van der Waals surface area contributed by atoms with E-state index in [0.29, 0.717) is 46.6 Å². The highest BCUT2D eigenvalue weighted by molar-refractivity contribution is 5.96. The molecule has 3 rings (SSSR count). The summed E-state index contributed by atoms with van der Waals surface area (Å²) < 4.78 is 12.0. The van der Waals surface area contributed by atoms with Crippen molar-refractivity contribution in [2.75, 3.05) is 0 Å². The van der Waals surface area contributed by atoms with Crippen LogP contribution in [0.15, 0.2) is 72.8 Å². The molecule has 0 bridgehead atoms. The van der Waals surface area contributed by atoms with E-state index in [9.17, 15) is 14.4 Å². The smallest absolute Gasteiger partial charge is 0.267 e. The van der Waals surface area contributed by atoms with E-state index >= 15 is 0 Å². The second kappa shape index (κ2) is 10.6. The first-order chi connectivity index (χ1) is 15.1. The summed E-state index contributed by atoms with van der Waals surface area (Å²) in [7, 11) is 0. The molecule has 31 heavy (non-hydrogen) atoms. The Labute approximate surface area is 180 Å². The summed E-state index contributed by atoms with van der Waals surface area (Å²) in [5, 5.41) is 0. The Balaban J connectivity index is 1.84. The van der Waals surface area contributed by atoms with Gasteiger partial charge in [0.2, 0.25) is 0 Å². The summed E-state index contributed by atoms with van der Waals surface area (Å²) in [6.07, 6.45) is 6.59. The molecule has 0 aliphatic carbocycles. The van der Waals surface area contributed by atoms with Crippen molar-refractivity contribution in [1.82, 2.24) is 0 Å². The van der Waals surface area contributed by atoms with Gasteiger partial charge in [0.15, 0.2) is 5.78 Å². The zero-order valence-corrected chi connectivity index (χ0v) is 16.7. The van der Waals surface area contributed by atoms with E-state index < -0.39 is 6.29 Å². The molecule has 0 saturated heterocycles. The van der Waals surface area contributed by atoms with Crippen LogP contribution in [0.2, 0.25) is 0 Å². The maximum atomic E-state index is 12.2. The van der Waals surface area contributed by atoms with Gasteiger partial charge in [-0.15, -0.1) is 12.3 Å². The van der Waals surface area contributed by atoms with Crippen molar-refractivity contribution in [2.24, 2.45) is 0 Å². The minimum atomic E-state index is -0.820. The van der Waals surface area contributed by atoms with Crippen LogP contribution in [0.3, 0.4) is 0 Å². The normalized spacial score (nSPS) is 10.2. The zero-order valence-electron chi connectivity index (χ0n) is 16.7. The first-order valence-corrected chi connectivity index (χ1v) is 9.63. The minimum Gasteiger partial charge on any atom is -0.451 e. The van der Waals surface area contributed by atoms with Gasteiger partial charge in [-0.25, -0.2) is 0 Å². The molecule has 5 nitrogen and oxygen atoms in total. The third kappa shape index (κ3) is 5.91. The summed E-state index contributed by atoms with van der Waals surface area (Å²) in [5.41, 5.74) is 2.31. The SMILES string of the molecule is C#CCCC(=O)c1ccc(C(Oc2ccc(C=O)cc2)Oc2ccc(C=O)cc2)cc1. The van der Waals surface area contributed by atoms with Gasteiger partial charge < -0.3 is 9.47 Å². The summed E-state index contributed by atoms with van der Waals surface area (Å²) in [6, 6.07) is 20.2. The lowest BCUT2D eigenvalue weighted by atomic mass is 10.0. The average Bonchev–Trinajstić information content (AvgIpc) is 2.83. The standard InChI is InChI=1S/C26H20O5/c1-2-3-4-25(29)21-9-11-22(12-10-21)26(30-23-13-5-19(17-27)6-14-23)31-24-15-7-20(18-28)8-16-24/h1,5-18,26H,3-4H2. The van der Waals surface area contributed by atoms with E-state index in [-0.39, 0.29) is 5.78 Å². The third-order valence-electron chi connectivity index (χ3n) is 4.52. The molecule has 154 valence electrons. The van der Waals surface area contributed by atoms with Crippen molar-refractivity contribution in [3.05, 3.63) is 95.1 Å². The van der Waals surface area contributed by atoms with Gasteiger partial charge in [0, 0.05) is 35.1 Å². The summed E-state index contributed by atoms with van der Waals surface area (Å²) in [6.45, 7) is 0. The molecular weight excluding hydrogens is 392 g/mol. The van der Waals surface area contributed by atoms with Crippen LogP contribution in [0.4, 0.5) is 0 Å². The maximum Gasteiger partial charge on any atom is 0.267 e. The number of aldehydes is 2. The largest absolute Gasteiger partial charge is 0.451 e. The van der Waals surface area contributed by atoms with E-state index in [1.54, 1.807) is 72.8 Å². The molecule has 0 aliphatic heterocycles. The molecule has 0 saturated carbocycles. The number of terminal acetylenes is 1. The van der Waals surface area contributed by atoms with Crippen LogP contribution in [0.25, 0.3) is 0 Å². The summed E-state index contributed by atoms with van der Waals surface area (Å²) in [4.78, 5) is 33.9. The van der Waals surface area contributed by atoms with Crippen LogP contribution >= 0.6 is 0 Å². The Morgan fingerprint density at radius 1 is 0.806 bits per heavy atom. The fourth-order valence-corrected chi connectivity index (χ4v) is 2.81. The summed E-state index contributed by atoms with van der Waals surface area (Å²) >= 11 is 0. The van der Waals surface area contributed by atoms with E-state index in [0.717, 1.165) is 12.6 Å². The molecule has 0 aromatic heterocycles. The van der Waals surface area contributed by atoms with Crippen LogP contribution < -0.4 is 9.47 Å². The molecule has 0 heterocycles. The lowest BCUT2D eigenvalue weighted by molar-refractivity contribution is 0.00379. The second-order valence-corrected chi connectivity index (χ2v) is 6.69. The van der Waals surface area contributed by atoms with Gasteiger partial charge >= 0.3 is 0 Å². The topological polar surface area (TPSA) is 69.7 Å². The van der Waals surface area contributed by atoms with Crippen molar-refractivity contribution >= 4 is 18.4 Å². The number of carbonyl (C=O) groups is 3. The average molecular weight is 412 g/mol. The molecule has 0 radical (unpaired) electrons. The van der Waals surface area contributed by atoms with Gasteiger partial charge in [-0.05, 0) is 48.5 Å². The van der Waals surface area contributed by atoms with Crippen molar-refractivity contribution in [1.29, 1.82) is 0 Å². The predicted octanol–water partition coefficient (Wildman–Crippen LogP) is 5.06. The van der Waals surface area contributed by atoms with Crippen LogP contribution in [0, 0.1) is 12.3 Å². The van der Waals surface area contributed by atoms with Gasteiger partial charge in [-0.2, -0.15) is 0 Å². The Kier molecular flexibility index (Phi) is 7.34. The number of hydrogen-bond acceptors (Lipinski definition) is 5. The molecule has 5 heteroatoms. The number of Topliss-reactive ketones (excluding diaryl/α,β-unsaturated/α-hetero) is 1. The molecule has 0 atom stereocenters. The lowest BCUT2D eigenvalue weighted by Crippen LogP contribution is -2.15. The molecule has 3 aromatic carbocycles. The first-order valence-electron chi connectivity index (χ1n) is 9.63. The number of rotatable bonds is 10. The Hall–Kier alpha value is -4.17. The summed E-state index contributed by atoms with van der Waals surface area (Å²) in [5.74, 6) is 3.45. The van der Waals surface area contributed by atoms with Gasteiger partial charge in [0.05, 0.1) is 0 Å². The molecule has 0 amide bonds. The molecule has 0 unspecified atom stereocenters. The highest BCUT2D eigenvalue weighted by Crippen LogP contribution is 2.27. The molecule has 0 N–H and O–H groups in total. The van der Waals surface area contributed by atoms with Crippen LogP contribution in [-0.2, 0) is 0 Å². The van der Waals surface area contributed by atoms with Crippen molar-refractivity contribution < 1.29 is 23.9 Å². The van der Waals surface area contributed by atoms with E-state index in [4.69, 9.17) is 15.9 Å². The van der Waals surface area contributed by atoms with Gasteiger partial charge in [0.1, 0.15) is 24.1 Å². The monoisotopic (exact) mass is 412 g/mol. The molecule has 3 aromatic rings. The quantitative estimate of drug-likeness (QED) is 0.201. The highest BCUT2D eigenvalue weighted by Gasteiger charge is 2.17. The van der Waals surface area contributed by atoms with Crippen LogP contribution in [-0.4, -0.2) is 18.4 Å². The van der Waals surface area contributed by atoms with E-state index in [2.05, 4.69) is 5.92 Å². The Bertz CT molecular complexity index is 1020. The molecular formula is C26H20O5. The molecule has 0 spiro atoms. The van der Waals surface area contributed by atoms with E-state index in [1.165, 1.54) is 0 Å². The number of carbonyl (C=O) groups excluding carboxylic acids is 3. The fraction of sp³-hybridized carbons (Fsp3) is 0.115. The Morgan fingerprint density at radius 3 is 1.71 bits per heavy atom. The molecule has 0 aliphatic rings. The maximum absolute atomic E-state index is 12.2. The predicted molar refractivity (Wildman–Crippen MR) is 116 cm³/mol. The zero-order chi connectivity index (χ0) is 22.1. The molecule has 0 fully saturated rings. The number of ketones is 1. The minimum absolute atomic E-state index is 0.0307. The Morgan fingerprint density at radius 2 is 1.29 bits per heavy atom. The lowest BCUT2D eigenvalue weighted by Gasteiger charge is -2.21. The fourth-order valence-electron chi connectivity index (χ4n) is 2.81. The van der Waals surface area contributed by atoms with Gasteiger partial charge in [-0.1, -0.05) is 24.3 Å². The first kappa shape index (κ1) is 21.5. The van der Waals surface area contributed by atoms with Gasteiger partial charge in [0.25, 0.3) is 6.29 Å². The van der Waals surface area contributed by atoms with Crippen molar-refractivity contribution in [3.63, 3.8) is 0 Å². The van der Waals surface area contributed by atoms with Crippen molar-refractivity contribution in [2.45, 2.75) is 19.1 Å². The van der Waals surface area contributed by atoms with E-state index in [1.807, 2.05) is 0 Å². The van der Waals surface area contributed by atoms with Crippen LogP contribution in [0.5, 0.6) is 11.5 Å². The van der Waals surface area contributed by atoms with Crippen molar-refractivity contribution in [3.8, 4) is 23.8 Å². The van der Waals surface area contributed by atoms with Gasteiger partial charge in [-0.3, -0.25) is 14.4 Å². The highest BCUT2D eigenvalue weighted by atomic mass is 16.7. The third-order valence-corrected chi connectivity index (χ3v) is 4.52. The van der Waals surface area contributed by atoms with Crippen LogP contribution in [0.1, 0.15) is 55.8 Å². The number of hydrogen-bond donors (Lipinski definition) is 0.